The maximum atomic E-state index is 14.3. The van der Waals surface area contributed by atoms with Gasteiger partial charge >= 0.3 is 12.4 Å². The molecule has 24 heteroatoms. The fourth-order valence-electron chi connectivity index (χ4n) is 10.9. The van der Waals surface area contributed by atoms with Crippen LogP contribution in [0, 0.1) is 13.8 Å². The van der Waals surface area contributed by atoms with Crippen molar-refractivity contribution < 1.29 is 55.0 Å². The molecule has 4 N–H and O–H groups in total. The molecule has 4 aromatic heterocycles. The summed E-state index contributed by atoms with van der Waals surface area (Å²) < 4.78 is 97.5. The average molecular weight is 1130 g/mol. The minimum atomic E-state index is -4.75. The van der Waals surface area contributed by atoms with Gasteiger partial charge in [-0.2, -0.15) is 36.5 Å². The molecule has 428 valence electrons. The van der Waals surface area contributed by atoms with Gasteiger partial charge in [-0.25, -0.2) is 19.0 Å². The van der Waals surface area contributed by atoms with E-state index < -0.39 is 59.5 Å². The molecule has 18 nitrogen and oxygen atoms in total. The SMILES string of the molecule is COc1ccc(-c2nc3c(C(=O)N4CCN([C@@H](C(N)=O)c5ccccc5)C[C@H]4C)cnn3c(C(F)(F)F)c2C)cc1.COc1ccc(-c2nc3c(C(=O)N4CCN([C@H](C(N)=O)c5ccccc5)C[C@H]4C)cnn3c(C(F)(F)F)c2C)cc1. The zero-order valence-electron chi connectivity index (χ0n) is 45.4. The summed E-state index contributed by atoms with van der Waals surface area (Å²) in [6.07, 6.45) is -7.24. The highest BCUT2D eigenvalue weighted by molar-refractivity contribution is 6.01. The number of hydrogen-bond acceptors (Lipinski definition) is 12. The Hall–Kier alpha value is -8.90. The van der Waals surface area contributed by atoms with Crippen LogP contribution in [0.15, 0.2) is 122 Å². The molecular formula is C58H58F6N12O6. The summed E-state index contributed by atoms with van der Waals surface area (Å²) >= 11 is 0. The molecule has 0 aliphatic carbocycles. The Bertz CT molecular complexity index is 3410. The van der Waals surface area contributed by atoms with E-state index in [1.165, 1.54) is 28.1 Å². The topological polar surface area (TPSA) is 212 Å². The van der Waals surface area contributed by atoms with Gasteiger partial charge in [0.2, 0.25) is 11.8 Å². The lowest BCUT2D eigenvalue weighted by Crippen LogP contribution is -2.56. The molecule has 0 radical (unpaired) electrons. The lowest BCUT2D eigenvalue weighted by molar-refractivity contribution is -0.144. The van der Waals surface area contributed by atoms with Gasteiger partial charge in [-0.15, -0.1) is 0 Å². The van der Waals surface area contributed by atoms with Gasteiger partial charge in [-0.1, -0.05) is 60.7 Å². The minimum Gasteiger partial charge on any atom is -0.497 e. The third-order valence-corrected chi connectivity index (χ3v) is 14.8. The number of hydrogen-bond donors (Lipinski definition) is 2. The van der Waals surface area contributed by atoms with Crippen LogP contribution in [-0.2, 0) is 21.9 Å². The van der Waals surface area contributed by atoms with E-state index in [-0.39, 0.29) is 70.1 Å². The van der Waals surface area contributed by atoms with Crippen LogP contribution in [0.3, 0.4) is 0 Å². The van der Waals surface area contributed by atoms with Crippen LogP contribution in [0.25, 0.3) is 33.8 Å². The third-order valence-electron chi connectivity index (χ3n) is 14.8. The van der Waals surface area contributed by atoms with Crippen LogP contribution in [0.1, 0.15) is 80.3 Å². The second kappa shape index (κ2) is 23.3. The standard InChI is InChI=1S/2C29H29F3N6O3/c2*1-17-16-36(24(26(33)39)20-7-5-4-6-8-20)13-14-37(17)28(40)22-15-34-38-25(29(30,31)32)18(2)23(35-27(22)38)19-9-11-21(41-3)12-10-19/h2*4-12,15,17,24H,13-14,16H2,1-3H3,(H2,33,39)/t17-,24+;17-,24-/m11/s1. The summed E-state index contributed by atoms with van der Waals surface area (Å²) in [7, 11) is 2.99. The van der Waals surface area contributed by atoms with E-state index >= 15 is 0 Å². The number of carbonyl (C=O) groups excluding carboxylic acids is 4. The van der Waals surface area contributed by atoms with Crippen LogP contribution in [0.2, 0.25) is 0 Å². The summed E-state index contributed by atoms with van der Waals surface area (Å²) in [5.41, 5.74) is 11.4. The summed E-state index contributed by atoms with van der Waals surface area (Å²) in [4.78, 5) is 68.3. The van der Waals surface area contributed by atoms with Gasteiger partial charge in [0.1, 0.15) is 34.7 Å². The number of piperazine rings is 2. The normalized spacial score (nSPS) is 17.0. The Morgan fingerprint density at radius 2 is 0.878 bits per heavy atom. The number of amides is 4. The predicted molar refractivity (Wildman–Crippen MR) is 290 cm³/mol. The number of rotatable bonds is 12. The first-order valence-electron chi connectivity index (χ1n) is 26.0. The van der Waals surface area contributed by atoms with Crippen molar-refractivity contribution in [3.05, 3.63) is 166 Å². The summed E-state index contributed by atoms with van der Waals surface area (Å²) in [6.45, 7) is 8.14. The average Bonchev–Trinajstić information content (AvgIpc) is 4.24. The van der Waals surface area contributed by atoms with Crippen molar-refractivity contribution in [1.82, 2.24) is 48.8 Å². The van der Waals surface area contributed by atoms with Gasteiger partial charge in [0, 0.05) is 73.6 Å². The van der Waals surface area contributed by atoms with Crippen LogP contribution >= 0.6 is 0 Å². The lowest BCUT2D eigenvalue weighted by atomic mass is 10.0. The minimum absolute atomic E-state index is 0.0416. The van der Waals surface area contributed by atoms with E-state index in [9.17, 15) is 45.5 Å². The van der Waals surface area contributed by atoms with Gasteiger partial charge in [-0.05, 0) is 87.4 Å². The Morgan fingerprint density at radius 1 is 0.537 bits per heavy atom. The number of nitrogens with zero attached hydrogens (tertiary/aromatic N) is 10. The molecule has 0 unspecified atom stereocenters. The number of aromatic nitrogens is 6. The van der Waals surface area contributed by atoms with Gasteiger partial charge < -0.3 is 30.7 Å². The highest BCUT2D eigenvalue weighted by atomic mass is 19.4. The Labute approximate surface area is 466 Å². The molecule has 2 aliphatic heterocycles. The maximum Gasteiger partial charge on any atom is 0.433 e. The number of fused-ring (bicyclic) bond motifs is 2. The number of alkyl halides is 6. The number of primary amides is 2. The fourth-order valence-corrected chi connectivity index (χ4v) is 10.9. The Balaban J connectivity index is 0.000000198. The van der Waals surface area contributed by atoms with Crippen molar-refractivity contribution in [3.8, 4) is 34.0 Å². The smallest absolute Gasteiger partial charge is 0.433 e. The van der Waals surface area contributed by atoms with Crippen molar-refractivity contribution in [2.24, 2.45) is 11.5 Å². The van der Waals surface area contributed by atoms with Crippen molar-refractivity contribution >= 4 is 34.9 Å². The largest absolute Gasteiger partial charge is 0.497 e. The van der Waals surface area contributed by atoms with E-state index in [0.717, 1.165) is 23.5 Å². The van der Waals surface area contributed by atoms with Gasteiger partial charge in [0.15, 0.2) is 22.7 Å². The predicted octanol–water partition coefficient (Wildman–Crippen LogP) is 8.21. The highest BCUT2D eigenvalue weighted by Crippen LogP contribution is 2.39. The first-order chi connectivity index (χ1) is 39.0. The molecule has 0 saturated carbocycles. The zero-order chi connectivity index (χ0) is 58.9. The molecule has 4 amide bonds. The number of nitrogens with two attached hydrogens (primary N) is 2. The Morgan fingerprint density at radius 3 is 1.17 bits per heavy atom. The summed E-state index contributed by atoms with van der Waals surface area (Å²) in [5, 5.41) is 7.90. The zero-order valence-corrected chi connectivity index (χ0v) is 45.4. The fraction of sp³-hybridized carbons (Fsp3) is 0.310. The van der Waals surface area contributed by atoms with Crippen molar-refractivity contribution in [3.63, 3.8) is 0 Å². The first kappa shape index (κ1) is 57.8. The van der Waals surface area contributed by atoms with Gasteiger partial charge in [0.05, 0.1) is 38.0 Å². The molecular weight excluding hydrogens is 1070 g/mol. The van der Waals surface area contributed by atoms with E-state index in [0.29, 0.717) is 57.8 Å². The molecule has 4 aromatic carbocycles. The van der Waals surface area contributed by atoms with Gasteiger partial charge in [-0.3, -0.25) is 29.0 Å². The molecule has 0 bridgehead atoms. The molecule has 4 atom stereocenters. The van der Waals surface area contributed by atoms with E-state index in [2.05, 4.69) is 20.2 Å². The molecule has 2 aliphatic rings. The lowest BCUT2D eigenvalue weighted by Gasteiger charge is -2.42. The number of benzene rings is 4. The van der Waals surface area contributed by atoms with Crippen molar-refractivity contribution in [2.45, 2.75) is 64.2 Å². The second-order valence-corrected chi connectivity index (χ2v) is 20.0. The molecule has 2 fully saturated rings. The van der Waals surface area contributed by atoms with Crippen LogP contribution in [-0.4, -0.2) is 138 Å². The molecule has 10 rings (SSSR count). The van der Waals surface area contributed by atoms with E-state index in [1.54, 1.807) is 58.3 Å². The number of carbonyl (C=O) groups is 4. The monoisotopic (exact) mass is 1130 g/mol. The summed E-state index contributed by atoms with van der Waals surface area (Å²) in [5.74, 6) is -0.905. The third kappa shape index (κ3) is 11.4. The van der Waals surface area contributed by atoms with Gasteiger partial charge in [0.25, 0.3) is 11.8 Å². The summed E-state index contributed by atoms with van der Waals surface area (Å²) in [6, 6.07) is 29.2. The van der Waals surface area contributed by atoms with Crippen LogP contribution in [0.5, 0.6) is 11.5 Å². The molecule has 6 heterocycles. The number of halogens is 6. The number of methoxy groups -OCH3 is 2. The number of ether oxygens (including phenoxy) is 2. The van der Waals surface area contributed by atoms with Crippen LogP contribution in [0.4, 0.5) is 26.3 Å². The van der Waals surface area contributed by atoms with Crippen molar-refractivity contribution in [2.75, 3.05) is 53.5 Å². The van der Waals surface area contributed by atoms with E-state index in [4.69, 9.17) is 20.9 Å². The molecule has 8 aromatic rings. The quantitative estimate of drug-likeness (QED) is 0.111. The molecule has 0 spiro atoms. The maximum absolute atomic E-state index is 14.3. The van der Waals surface area contributed by atoms with Crippen molar-refractivity contribution in [1.29, 1.82) is 0 Å². The Kier molecular flexibility index (Phi) is 16.4. The van der Waals surface area contributed by atoms with Crippen LogP contribution < -0.4 is 20.9 Å². The highest BCUT2D eigenvalue weighted by Gasteiger charge is 2.42. The second-order valence-electron chi connectivity index (χ2n) is 20.0. The first-order valence-corrected chi connectivity index (χ1v) is 26.0. The molecule has 2 saturated heterocycles. The molecule has 82 heavy (non-hydrogen) atoms. The van der Waals surface area contributed by atoms with E-state index in [1.807, 2.05) is 84.3 Å².